The number of nitrogens with two attached hydrogens (primary N) is 1. The minimum Gasteiger partial charge on any atom is -0.379 e. The highest BCUT2D eigenvalue weighted by Crippen LogP contribution is 2.11. The molecule has 1 fully saturated rings. The SMILES string of the molecule is NS(=O)(=O)CCCOCC1CCCO1. The first-order valence-corrected chi connectivity index (χ1v) is 6.49. The van der Waals surface area contributed by atoms with Gasteiger partial charge in [0.25, 0.3) is 0 Å². The lowest BCUT2D eigenvalue weighted by atomic mass is 10.2. The third-order valence-electron chi connectivity index (χ3n) is 2.05. The van der Waals surface area contributed by atoms with Crippen LogP contribution in [0.25, 0.3) is 0 Å². The zero-order chi connectivity index (χ0) is 10.4. The summed E-state index contributed by atoms with van der Waals surface area (Å²) in [4.78, 5) is 0. The number of ether oxygens (including phenoxy) is 2. The van der Waals surface area contributed by atoms with E-state index in [4.69, 9.17) is 14.6 Å². The highest BCUT2D eigenvalue weighted by atomic mass is 32.2. The van der Waals surface area contributed by atoms with Gasteiger partial charge in [-0.1, -0.05) is 0 Å². The van der Waals surface area contributed by atoms with Gasteiger partial charge in [0.15, 0.2) is 0 Å². The zero-order valence-corrected chi connectivity index (χ0v) is 8.96. The molecule has 0 spiro atoms. The van der Waals surface area contributed by atoms with Crippen LogP contribution in [0.15, 0.2) is 0 Å². The molecule has 2 N–H and O–H groups in total. The fraction of sp³-hybridized carbons (Fsp3) is 1.00. The molecule has 1 heterocycles. The highest BCUT2D eigenvalue weighted by molar-refractivity contribution is 7.89. The molecule has 0 radical (unpaired) electrons. The molecule has 0 aromatic carbocycles. The van der Waals surface area contributed by atoms with Crippen molar-refractivity contribution in [1.82, 2.24) is 0 Å². The molecule has 0 saturated carbocycles. The first-order valence-electron chi connectivity index (χ1n) is 4.78. The fourth-order valence-electron chi connectivity index (χ4n) is 1.35. The van der Waals surface area contributed by atoms with Gasteiger partial charge in [0.1, 0.15) is 0 Å². The monoisotopic (exact) mass is 223 g/mol. The summed E-state index contributed by atoms with van der Waals surface area (Å²) in [6, 6.07) is 0. The standard InChI is InChI=1S/C8H17NO4S/c9-14(10,11)6-2-4-12-7-8-3-1-5-13-8/h8H,1-7H2,(H2,9,10,11). The Bertz CT molecular complexity index is 246. The van der Waals surface area contributed by atoms with E-state index in [9.17, 15) is 8.42 Å². The second-order valence-electron chi connectivity index (χ2n) is 3.43. The molecular formula is C8H17NO4S. The smallest absolute Gasteiger partial charge is 0.209 e. The summed E-state index contributed by atoms with van der Waals surface area (Å²) in [6.45, 7) is 1.80. The van der Waals surface area contributed by atoms with Gasteiger partial charge in [-0.25, -0.2) is 13.6 Å². The quantitative estimate of drug-likeness (QED) is 0.636. The maximum absolute atomic E-state index is 10.5. The Morgan fingerprint density at radius 1 is 1.50 bits per heavy atom. The van der Waals surface area contributed by atoms with Crippen LogP contribution < -0.4 is 5.14 Å². The van der Waals surface area contributed by atoms with E-state index in [0.29, 0.717) is 19.6 Å². The van der Waals surface area contributed by atoms with E-state index in [1.165, 1.54) is 0 Å². The average Bonchev–Trinajstić information content (AvgIpc) is 2.54. The molecule has 1 aliphatic rings. The van der Waals surface area contributed by atoms with Gasteiger partial charge in [-0.2, -0.15) is 0 Å². The van der Waals surface area contributed by atoms with Crippen LogP contribution in [-0.2, 0) is 19.5 Å². The third kappa shape index (κ3) is 5.54. The van der Waals surface area contributed by atoms with Crippen LogP contribution in [0.5, 0.6) is 0 Å². The molecule has 84 valence electrons. The van der Waals surface area contributed by atoms with Crippen molar-refractivity contribution in [3.63, 3.8) is 0 Å². The van der Waals surface area contributed by atoms with Crippen molar-refractivity contribution in [2.24, 2.45) is 5.14 Å². The summed E-state index contributed by atoms with van der Waals surface area (Å²) in [5, 5.41) is 4.83. The molecule has 1 aliphatic heterocycles. The van der Waals surface area contributed by atoms with Crippen molar-refractivity contribution >= 4 is 10.0 Å². The number of hydrogen-bond acceptors (Lipinski definition) is 4. The molecule has 0 amide bonds. The van der Waals surface area contributed by atoms with Crippen LogP contribution in [0.3, 0.4) is 0 Å². The van der Waals surface area contributed by atoms with Crippen LogP contribution in [0.2, 0.25) is 0 Å². The van der Waals surface area contributed by atoms with E-state index >= 15 is 0 Å². The van der Waals surface area contributed by atoms with E-state index in [2.05, 4.69) is 0 Å². The predicted molar refractivity (Wildman–Crippen MR) is 52.4 cm³/mol. The Hall–Kier alpha value is -0.170. The summed E-state index contributed by atoms with van der Waals surface area (Å²) in [5.41, 5.74) is 0. The summed E-state index contributed by atoms with van der Waals surface area (Å²) in [7, 11) is -3.33. The van der Waals surface area contributed by atoms with Crippen LogP contribution >= 0.6 is 0 Å². The fourth-order valence-corrected chi connectivity index (χ4v) is 1.87. The zero-order valence-electron chi connectivity index (χ0n) is 8.15. The molecule has 0 aromatic rings. The number of primary sulfonamides is 1. The second kappa shape index (κ2) is 5.65. The summed E-state index contributed by atoms with van der Waals surface area (Å²) in [5.74, 6) is -0.0154. The lowest BCUT2D eigenvalue weighted by Crippen LogP contribution is -2.19. The number of rotatable bonds is 6. The van der Waals surface area contributed by atoms with Crippen LogP contribution in [0.1, 0.15) is 19.3 Å². The van der Waals surface area contributed by atoms with Crippen molar-refractivity contribution in [2.45, 2.75) is 25.4 Å². The largest absolute Gasteiger partial charge is 0.379 e. The summed E-state index contributed by atoms with van der Waals surface area (Å²) >= 11 is 0. The van der Waals surface area contributed by atoms with E-state index in [-0.39, 0.29) is 11.9 Å². The van der Waals surface area contributed by atoms with Crippen LogP contribution in [0.4, 0.5) is 0 Å². The van der Waals surface area contributed by atoms with E-state index in [1.807, 2.05) is 0 Å². The average molecular weight is 223 g/mol. The van der Waals surface area contributed by atoms with E-state index in [1.54, 1.807) is 0 Å². The second-order valence-corrected chi connectivity index (χ2v) is 5.16. The normalized spacial score (nSPS) is 22.8. The Labute approximate surface area is 84.6 Å². The van der Waals surface area contributed by atoms with Gasteiger partial charge < -0.3 is 9.47 Å². The molecular weight excluding hydrogens is 206 g/mol. The lowest BCUT2D eigenvalue weighted by molar-refractivity contribution is 0.0176. The number of sulfonamides is 1. The van der Waals surface area contributed by atoms with Crippen LogP contribution in [0, 0.1) is 0 Å². The molecule has 0 bridgehead atoms. The molecule has 14 heavy (non-hydrogen) atoms. The molecule has 1 unspecified atom stereocenters. The Morgan fingerprint density at radius 2 is 2.29 bits per heavy atom. The predicted octanol–water partition coefficient (Wildman–Crippen LogP) is -0.139. The van der Waals surface area contributed by atoms with Gasteiger partial charge in [0.05, 0.1) is 18.5 Å². The topological polar surface area (TPSA) is 78.6 Å². The maximum atomic E-state index is 10.5. The Kier molecular flexibility index (Phi) is 4.80. The van der Waals surface area contributed by atoms with Crippen molar-refractivity contribution in [3.8, 4) is 0 Å². The molecule has 1 rings (SSSR count). The molecule has 5 nitrogen and oxygen atoms in total. The molecule has 0 aromatic heterocycles. The van der Waals surface area contributed by atoms with E-state index in [0.717, 1.165) is 19.4 Å². The first kappa shape index (κ1) is 11.9. The van der Waals surface area contributed by atoms with Gasteiger partial charge >= 0.3 is 0 Å². The highest BCUT2D eigenvalue weighted by Gasteiger charge is 2.15. The van der Waals surface area contributed by atoms with E-state index < -0.39 is 10.0 Å². The van der Waals surface area contributed by atoms with Crippen molar-refractivity contribution in [1.29, 1.82) is 0 Å². The molecule has 6 heteroatoms. The molecule has 1 atom stereocenters. The van der Waals surface area contributed by atoms with Gasteiger partial charge in [-0.15, -0.1) is 0 Å². The minimum atomic E-state index is -3.33. The molecule has 0 aliphatic carbocycles. The minimum absolute atomic E-state index is 0.0154. The summed E-state index contributed by atoms with van der Waals surface area (Å²) in [6.07, 6.45) is 2.77. The maximum Gasteiger partial charge on any atom is 0.209 e. The number of hydrogen-bond donors (Lipinski definition) is 1. The van der Waals surface area contributed by atoms with Gasteiger partial charge in [0, 0.05) is 13.2 Å². The van der Waals surface area contributed by atoms with Crippen molar-refractivity contribution < 1.29 is 17.9 Å². The Balaban J connectivity index is 1.94. The van der Waals surface area contributed by atoms with Gasteiger partial charge in [-0.05, 0) is 19.3 Å². The van der Waals surface area contributed by atoms with Crippen molar-refractivity contribution in [3.05, 3.63) is 0 Å². The van der Waals surface area contributed by atoms with Gasteiger partial charge in [0.2, 0.25) is 10.0 Å². The summed E-state index contributed by atoms with van der Waals surface area (Å²) < 4.78 is 31.7. The third-order valence-corrected chi connectivity index (χ3v) is 2.90. The lowest BCUT2D eigenvalue weighted by Gasteiger charge is -2.09. The van der Waals surface area contributed by atoms with Gasteiger partial charge in [-0.3, -0.25) is 0 Å². The molecule has 1 saturated heterocycles. The van der Waals surface area contributed by atoms with Crippen molar-refractivity contribution in [2.75, 3.05) is 25.6 Å². The Morgan fingerprint density at radius 3 is 2.86 bits per heavy atom. The first-order chi connectivity index (χ1) is 6.58. The van der Waals surface area contributed by atoms with Crippen LogP contribution in [-0.4, -0.2) is 40.1 Å².